The van der Waals surface area contributed by atoms with E-state index in [1.165, 1.54) is 5.56 Å². The van der Waals surface area contributed by atoms with E-state index in [0.29, 0.717) is 18.7 Å². The zero-order valence-corrected chi connectivity index (χ0v) is 14.9. The largest absolute Gasteiger partial charge is 0.352 e. The Morgan fingerprint density at radius 1 is 1.04 bits per heavy atom. The molecule has 0 saturated carbocycles. The third-order valence-corrected chi connectivity index (χ3v) is 3.75. The highest BCUT2D eigenvalue weighted by Gasteiger charge is 2.05. The van der Waals surface area contributed by atoms with Crippen molar-refractivity contribution in [3.05, 3.63) is 71.3 Å². The summed E-state index contributed by atoms with van der Waals surface area (Å²) >= 11 is 0. The molecule has 0 aliphatic heterocycles. The van der Waals surface area contributed by atoms with Crippen LogP contribution in [0.25, 0.3) is 0 Å². The first-order valence-electron chi connectivity index (χ1n) is 7.98. The molecule has 0 fully saturated rings. The first kappa shape index (κ1) is 20.2. The van der Waals surface area contributed by atoms with Crippen molar-refractivity contribution >= 4 is 18.3 Å². The molecule has 0 aromatic heterocycles. The molecule has 0 saturated heterocycles. The minimum absolute atomic E-state index is 0. The van der Waals surface area contributed by atoms with Crippen molar-refractivity contribution in [1.29, 1.82) is 0 Å². The van der Waals surface area contributed by atoms with Crippen LogP contribution in [0.1, 0.15) is 27.9 Å². The Hall–Kier alpha value is -1.88. The van der Waals surface area contributed by atoms with E-state index in [-0.39, 0.29) is 18.3 Å². The summed E-state index contributed by atoms with van der Waals surface area (Å²) in [5.74, 6) is -0.0284. The third kappa shape index (κ3) is 6.71. The van der Waals surface area contributed by atoms with Gasteiger partial charge in [0.15, 0.2) is 0 Å². The Labute approximate surface area is 150 Å². The standard InChI is InChI=1S/C19H25N3O.ClH/c1-22(15-17-6-3-2-4-7-17)13-5-12-21-19(23)18-10-8-16(14-20)9-11-18;/h2-4,6-11H,5,12-15,20H2,1H3,(H,21,23);1H. The number of amides is 1. The minimum Gasteiger partial charge on any atom is -0.352 e. The van der Waals surface area contributed by atoms with Gasteiger partial charge in [-0.05, 0) is 43.3 Å². The Kier molecular flexibility index (Phi) is 9.08. The van der Waals surface area contributed by atoms with Crippen LogP contribution in [0.5, 0.6) is 0 Å². The van der Waals surface area contributed by atoms with Gasteiger partial charge >= 0.3 is 0 Å². The summed E-state index contributed by atoms with van der Waals surface area (Å²) in [5.41, 5.74) is 8.57. The van der Waals surface area contributed by atoms with Crippen LogP contribution < -0.4 is 11.1 Å². The van der Waals surface area contributed by atoms with E-state index in [1.54, 1.807) is 0 Å². The van der Waals surface area contributed by atoms with Gasteiger partial charge in [-0.1, -0.05) is 42.5 Å². The van der Waals surface area contributed by atoms with Crippen LogP contribution in [0, 0.1) is 0 Å². The van der Waals surface area contributed by atoms with Gasteiger partial charge in [-0.15, -0.1) is 12.4 Å². The van der Waals surface area contributed by atoms with Crippen molar-refractivity contribution in [3.8, 4) is 0 Å². The van der Waals surface area contributed by atoms with Crippen molar-refractivity contribution in [1.82, 2.24) is 10.2 Å². The van der Waals surface area contributed by atoms with Gasteiger partial charge in [0.25, 0.3) is 5.91 Å². The molecular weight excluding hydrogens is 322 g/mol. The van der Waals surface area contributed by atoms with Gasteiger partial charge in [0.05, 0.1) is 0 Å². The summed E-state index contributed by atoms with van der Waals surface area (Å²) < 4.78 is 0. The molecule has 0 radical (unpaired) electrons. The number of nitrogens with zero attached hydrogens (tertiary/aromatic N) is 1. The summed E-state index contributed by atoms with van der Waals surface area (Å²) in [4.78, 5) is 14.3. The molecule has 0 spiro atoms. The van der Waals surface area contributed by atoms with Gasteiger partial charge in [-0.2, -0.15) is 0 Å². The van der Waals surface area contributed by atoms with Crippen molar-refractivity contribution in [2.45, 2.75) is 19.5 Å². The summed E-state index contributed by atoms with van der Waals surface area (Å²) in [6, 6.07) is 17.8. The number of nitrogens with one attached hydrogen (secondary N) is 1. The number of nitrogens with two attached hydrogens (primary N) is 1. The maximum Gasteiger partial charge on any atom is 0.251 e. The maximum atomic E-state index is 12.0. The molecule has 3 N–H and O–H groups in total. The fraction of sp³-hybridized carbons (Fsp3) is 0.316. The van der Waals surface area contributed by atoms with E-state index in [2.05, 4.69) is 41.5 Å². The van der Waals surface area contributed by atoms with Gasteiger partial charge < -0.3 is 16.0 Å². The third-order valence-electron chi connectivity index (χ3n) is 3.75. The highest BCUT2D eigenvalue weighted by Crippen LogP contribution is 2.04. The number of rotatable bonds is 8. The van der Waals surface area contributed by atoms with Crippen molar-refractivity contribution in [2.75, 3.05) is 20.1 Å². The molecule has 0 aliphatic rings. The first-order chi connectivity index (χ1) is 11.2. The molecule has 24 heavy (non-hydrogen) atoms. The Balaban J connectivity index is 0.00000288. The van der Waals surface area contributed by atoms with Crippen LogP contribution in [0.2, 0.25) is 0 Å². The molecule has 5 heteroatoms. The van der Waals surface area contributed by atoms with Gasteiger partial charge in [0.1, 0.15) is 0 Å². The molecular formula is C19H26ClN3O. The van der Waals surface area contributed by atoms with E-state index in [0.717, 1.165) is 25.1 Å². The summed E-state index contributed by atoms with van der Waals surface area (Å²) in [6.45, 7) is 3.04. The normalized spacial score (nSPS) is 10.3. The lowest BCUT2D eigenvalue weighted by atomic mass is 10.1. The number of hydrogen-bond acceptors (Lipinski definition) is 3. The zero-order chi connectivity index (χ0) is 16.5. The highest BCUT2D eigenvalue weighted by molar-refractivity contribution is 5.94. The maximum absolute atomic E-state index is 12.0. The molecule has 4 nitrogen and oxygen atoms in total. The molecule has 0 bridgehead atoms. The Bertz CT molecular complexity index is 602. The van der Waals surface area contributed by atoms with Gasteiger partial charge in [0.2, 0.25) is 0 Å². The van der Waals surface area contributed by atoms with Gasteiger partial charge in [0, 0.05) is 25.2 Å². The average molecular weight is 348 g/mol. The second kappa shape index (κ2) is 10.8. The highest BCUT2D eigenvalue weighted by atomic mass is 35.5. The van der Waals surface area contributed by atoms with E-state index in [1.807, 2.05) is 30.3 Å². The van der Waals surface area contributed by atoms with Crippen LogP contribution in [0.3, 0.4) is 0 Å². The predicted octanol–water partition coefficient (Wildman–Crippen LogP) is 2.82. The number of carbonyl (C=O) groups excluding carboxylic acids is 1. The SMILES string of the molecule is CN(CCCNC(=O)c1ccc(CN)cc1)Cc1ccccc1.Cl. The number of hydrogen-bond donors (Lipinski definition) is 2. The molecule has 0 atom stereocenters. The Morgan fingerprint density at radius 2 is 1.71 bits per heavy atom. The van der Waals surface area contributed by atoms with E-state index in [4.69, 9.17) is 5.73 Å². The minimum atomic E-state index is -0.0284. The quantitative estimate of drug-likeness (QED) is 0.722. The summed E-state index contributed by atoms with van der Waals surface area (Å²) in [7, 11) is 2.10. The van der Waals surface area contributed by atoms with E-state index < -0.39 is 0 Å². The molecule has 2 aromatic carbocycles. The molecule has 2 aromatic rings. The van der Waals surface area contributed by atoms with Crippen LogP contribution in [-0.2, 0) is 13.1 Å². The first-order valence-corrected chi connectivity index (χ1v) is 7.98. The number of carbonyl (C=O) groups is 1. The van der Waals surface area contributed by atoms with Crippen LogP contribution in [-0.4, -0.2) is 30.9 Å². The fourth-order valence-corrected chi connectivity index (χ4v) is 2.42. The smallest absolute Gasteiger partial charge is 0.251 e. The van der Waals surface area contributed by atoms with Gasteiger partial charge in [-0.25, -0.2) is 0 Å². The average Bonchev–Trinajstić information content (AvgIpc) is 2.59. The fourth-order valence-electron chi connectivity index (χ4n) is 2.42. The van der Waals surface area contributed by atoms with Gasteiger partial charge in [-0.3, -0.25) is 4.79 Å². The molecule has 2 rings (SSSR count). The molecule has 1 amide bonds. The second-order valence-electron chi connectivity index (χ2n) is 5.73. The molecule has 0 aliphatic carbocycles. The number of benzene rings is 2. The van der Waals surface area contributed by atoms with Crippen LogP contribution in [0.4, 0.5) is 0 Å². The van der Waals surface area contributed by atoms with Crippen molar-refractivity contribution in [2.24, 2.45) is 5.73 Å². The Morgan fingerprint density at radius 3 is 2.33 bits per heavy atom. The van der Waals surface area contributed by atoms with E-state index >= 15 is 0 Å². The number of halogens is 1. The topological polar surface area (TPSA) is 58.4 Å². The lowest BCUT2D eigenvalue weighted by Gasteiger charge is -2.16. The lowest BCUT2D eigenvalue weighted by Crippen LogP contribution is -2.28. The molecule has 0 unspecified atom stereocenters. The van der Waals surface area contributed by atoms with Crippen LogP contribution >= 0.6 is 12.4 Å². The zero-order valence-electron chi connectivity index (χ0n) is 14.1. The monoisotopic (exact) mass is 347 g/mol. The van der Waals surface area contributed by atoms with Crippen molar-refractivity contribution in [3.63, 3.8) is 0 Å². The second-order valence-corrected chi connectivity index (χ2v) is 5.73. The van der Waals surface area contributed by atoms with Crippen molar-refractivity contribution < 1.29 is 4.79 Å². The summed E-state index contributed by atoms with van der Waals surface area (Å²) in [6.07, 6.45) is 0.927. The summed E-state index contributed by atoms with van der Waals surface area (Å²) in [5, 5.41) is 2.96. The molecule has 130 valence electrons. The lowest BCUT2D eigenvalue weighted by molar-refractivity contribution is 0.0952. The predicted molar refractivity (Wildman–Crippen MR) is 101 cm³/mol. The van der Waals surface area contributed by atoms with E-state index in [9.17, 15) is 4.79 Å². The van der Waals surface area contributed by atoms with Crippen LogP contribution in [0.15, 0.2) is 54.6 Å². The molecule has 0 heterocycles.